The molecule has 0 radical (unpaired) electrons. The van der Waals surface area contributed by atoms with Crippen LogP contribution in [-0.2, 0) is 24.2 Å². The summed E-state index contributed by atoms with van der Waals surface area (Å²) in [6.45, 7) is 2.87. The van der Waals surface area contributed by atoms with Gasteiger partial charge in [0.1, 0.15) is 11.6 Å². The van der Waals surface area contributed by atoms with Gasteiger partial charge in [0.15, 0.2) is 5.82 Å². The normalized spacial score (nSPS) is 15.4. The smallest absolute Gasteiger partial charge is 0.255 e. The van der Waals surface area contributed by atoms with E-state index in [1.54, 1.807) is 0 Å². The molecular weight excluding hydrogens is 464 g/mol. The van der Waals surface area contributed by atoms with Crippen molar-refractivity contribution in [3.63, 3.8) is 0 Å². The van der Waals surface area contributed by atoms with Gasteiger partial charge in [-0.1, -0.05) is 30.3 Å². The van der Waals surface area contributed by atoms with Gasteiger partial charge in [0.2, 0.25) is 5.91 Å². The summed E-state index contributed by atoms with van der Waals surface area (Å²) in [6, 6.07) is 11.1. The van der Waals surface area contributed by atoms with Crippen LogP contribution in [-0.4, -0.2) is 41.4 Å². The zero-order valence-electron chi connectivity index (χ0n) is 19.7. The molecule has 0 bridgehead atoms. The number of halogens is 2. The molecule has 2 amide bonds. The maximum absolute atomic E-state index is 14.4. The predicted molar refractivity (Wildman–Crippen MR) is 130 cm³/mol. The lowest BCUT2D eigenvalue weighted by molar-refractivity contribution is -0.120. The van der Waals surface area contributed by atoms with Gasteiger partial charge in [-0.05, 0) is 55.1 Å². The standard InChI is InChI=1S/C27H27F2N5O2/c28-19-2-1-3-20(29)24(19)26-33-21(25-22(34-26)15-32-27(25)36)12-16-4-6-17(7-5-16)13-23(35)31-14-18-8-10-30-11-9-18/h1-7,18,30H,8-15H2,(H,31,35)(H,32,36). The summed E-state index contributed by atoms with van der Waals surface area (Å²) in [5.74, 6) is -1.40. The molecule has 1 fully saturated rings. The molecule has 9 heteroatoms. The summed E-state index contributed by atoms with van der Waals surface area (Å²) >= 11 is 0. The fraction of sp³-hybridized carbons (Fsp3) is 0.333. The Bertz CT molecular complexity index is 1270. The van der Waals surface area contributed by atoms with Crippen molar-refractivity contribution in [3.05, 3.63) is 82.2 Å². The van der Waals surface area contributed by atoms with Gasteiger partial charge >= 0.3 is 0 Å². The molecule has 0 atom stereocenters. The molecule has 5 rings (SSSR count). The number of benzene rings is 2. The molecule has 0 saturated carbocycles. The summed E-state index contributed by atoms with van der Waals surface area (Å²) in [5, 5.41) is 9.06. The zero-order chi connectivity index (χ0) is 25.1. The van der Waals surface area contributed by atoms with E-state index < -0.39 is 11.6 Å². The van der Waals surface area contributed by atoms with E-state index in [1.807, 2.05) is 24.3 Å². The number of carbonyl (C=O) groups excluding carboxylic acids is 2. The fourth-order valence-electron chi connectivity index (χ4n) is 4.71. The van der Waals surface area contributed by atoms with Crippen LogP contribution in [0.5, 0.6) is 0 Å². The largest absolute Gasteiger partial charge is 0.356 e. The van der Waals surface area contributed by atoms with Crippen molar-refractivity contribution in [2.75, 3.05) is 19.6 Å². The van der Waals surface area contributed by atoms with Crippen LogP contribution in [0.15, 0.2) is 42.5 Å². The van der Waals surface area contributed by atoms with Gasteiger partial charge in [-0.15, -0.1) is 0 Å². The lowest BCUT2D eigenvalue weighted by Gasteiger charge is -2.22. The van der Waals surface area contributed by atoms with E-state index in [9.17, 15) is 18.4 Å². The molecule has 36 heavy (non-hydrogen) atoms. The Kier molecular flexibility index (Phi) is 6.99. The average molecular weight is 492 g/mol. The van der Waals surface area contributed by atoms with Crippen LogP contribution < -0.4 is 16.0 Å². The van der Waals surface area contributed by atoms with Gasteiger partial charge in [-0.2, -0.15) is 0 Å². The number of carbonyl (C=O) groups is 2. The van der Waals surface area contributed by atoms with Crippen molar-refractivity contribution >= 4 is 11.8 Å². The quantitative estimate of drug-likeness (QED) is 0.472. The third-order valence-corrected chi connectivity index (χ3v) is 6.69. The Morgan fingerprint density at radius 1 is 0.972 bits per heavy atom. The highest BCUT2D eigenvalue weighted by Crippen LogP contribution is 2.27. The minimum absolute atomic E-state index is 0.0110. The fourth-order valence-corrected chi connectivity index (χ4v) is 4.71. The molecule has 0 aliphatic carbocycles. The second kappa shape index (κ2) is 10.5. The molecule has 2 aliphatic rings. The number of nitrogens with zero attached hydrogens (tertiary/aromatic N) is 2. The molecule has 3 aromatic rings. The first-order valence-corrected chi connectivity index (χ1v) is 12.2. The second-order valence-corrected chi connectivity index (χ2v) is 9.26. The molecule has 1 aromatic heterocycles. The first-order chi connectivity index (χ1) is 17.5. The van der Waals surface area contributed by atoms with Gasteiger partial charge in [-0.3, -0.25) is 9.59 Å². The molecule has 1 saturated heterocycles. The van der Waals surface area contributed by atoms with E-state index >= 15 is 0 Å². The Labute approximate surface area is 207 Å². The van der Waals surface area contributed by atoms with Gasteiger partial charge < -0.3 is 16.0 Å². The number of piperidine rings is 1. The van der Waals surface area contributed by atoms with E-state index in [1.165, 1.54) is 6.07 Å². The van der Waals surface area contributed by atoms with Crippen molar-refractivity contribution in [1.82, 2.24) is 25.9 Å². The summed E-state index contributed by atoms with van der Waals surface area (Å²) in [4.78, 5) is 33.5. The predicted octanol–water partition coefficient (Wildman–Crippen LogP) is 2.91. The highest BCUT2D eigenvalue weighted by Gasteiger charge is 2.28. The molecule has 2 aliphatic heterocycles. The van der Waals surface area contributed by atoms with E-state index in [0.717, 1.165) is 49.2 Å². The van der Waals surface area contributed by atoms with Crippen LogP contribution >= 0.6 is 0 Å². The highest BCUT2D eigenvalue weighted by atomic mass is 19.1. The lowest BCUT2D eigenvalue weighted by Crippen LogP contribution is -2.36. The van der Waals surface area contributed by atoms with Gasteiger partial charge in [0, 0.05) is 13.0 Å². The highest BCUT2D eigenvalue weighted by molar-refractivity contribution is 5.99. The number of hydrogen-bond donors (Lipinski definition) is 3. The first kappa shape index (κ1) is 24.0. The minimum atomic E-state index is -0.763. The molecule has 0 unspecified atom stereocenters. The van der Waals surface area contributed by atoms with Crippen molar-refractivity contribution < 1.29 is 18.4 Å². The number of hydrogen-bond acceptors (Lipinski definition) is 5. The number of amides is 2. The number of aromatic nitrogens is 2. The number of nitrogens with one attached hydrogen (secondary N) is 3. The first-order valence-electron chi connectivity index (χ1n) is 12.2. The van der Waals surface area contributed by atoms with Crippen molar-refractivity contribution in [2.45, 2.75) is 32.2 Å². The molecule has 0 spiro atoms. The van der Waals surface area contributed by atoms with Crippen LogP contribution in [0.2, 0.25) is 0 Å². The van der Waals surface area contributed by atoms with Crippen molar-refractivity contribution in [3.8, 4) is 11.4 Å². The molecule has 3 heterocycles. The van der Waals surface area contributed by atoms with E-state index in [-0.39, 0.29) is 42.6 Å². The SMILES string of the molecule is O=C(Cc1ccc(Cc2nc(-c3c(F)cccc3F)nc3c2C(=O)NC3)cc1)NCC1CCNCC1. The third-order valence-electron chi connectivity index (χ3n) is 6.69. The summed E-state index contributed by atoms with van der Waals surface area (Å²) in [6.07, 6.45) is 2.72. The van der Waals surface area contributed by atoms with Gasteiger partial charge in [-0.25, -0.2) is 18.7 Å². The average Bonchev–Trinajstić information content (AvgIpc) is 3.25. The topological polar surface area (TPSA) is 96.0 Å². The van der Waals surface area contributed by atoms with Crippen molar-refractivity contribution in [1.29, 1.82) is 0 Å². The second-order valence-electron chi connectivity index (χ2n) is 9.26. The summed E-state index contributed by atoms with van der Waals surface area (Å²) < 4.78 is 28.8. The van der Waals surface area contributed by atoms with Crippen LogP contribution in [0.1, 0.15) is 45.7 Å². The van der Waals surface area contributed by atoms with Crippen molar-refractivity contribution in [2.24, 2.45) is 5.92 Å². The molecule has 186 valence electrons. The Hall–Kier alpha value is -3.72. The molecule has 3 N–H and O–H groups in total. The molecular formula is C27H27F2N5O2. The number of fused-ring (bicyclic) bond motifs is 1. The monoisotopic (exact) mass is 491 g/mol. The Morgan fingerprint density at radius 2 is 1.67 bits per heavy atom. The van der Waals surface area contributed by atoms with Crippen LogP contribution in [0.3, 0.4) is 0 Å². The Balaban J connectivity index is 1.31. The number of rotatable bonds is 7. The van der Waals surface area contributed by atoms with E-state index in [4.69, 9.17) is 0 Å². The third kappa shape index (κ3) is 5.26. The Morgan fingerprint density at radius 3 is 2.39 bits per heavy atom. The lowest BCUT2D eigenvalue weighted by atomic mass is 9.98. The summed E-state index contributed by atoms with van der Waals surface area (Å²) in [7, 11) is 0. The van der Waals surface area contributed by atoms with E-state index in [0.29, 0.717) is 29.4 Å². The summed E-state index contributed by atoms with van der Waals surface area (Å²) in [5.41, 5.74) is 2.59. The van der Waals surface area contributed by atoms with Crippen LogP contribution in [0.25, 0.3) is 11.4 Å². The van der Waals surface area contributed by atoms with Crippen LogP contribution in [0, 0.1) is 17.6 Å². The van der Waals surface area contributed by atoms with Crippen LogP contribution in [0.4, 0.5) is 8.78 Å². The molecule has 2 aromatic carbocycles. The van der Waals surface area contributed by atoms with Gasteiger partial charge in [0.25, 0.3) is 5.91 Å². The van der Waals surface area contributed by atoms with Gasteiger partial charge in [0.05, 0.1) is 35.5 Å². The molecule has 7 nitrogen and oxygen atoms in total. The van der Waals surface area contributed by atoms with E-state index in [2.05, 4.69) is 25.9 Å². The minimum Gasteiger partial charge on any atom is -0.356 e. The maximum Gasteiger partial charge on any atom is 0.255 e. The zero-order valence-corrected chi connectivity index (χ0v) is 19.7. The maximum atomic E-state index is 14.4.